The van der Waals surface area contributed by atoms with Crippen LogP contribution >= 0.6 is 11.3 Å². The van der Waals surface area contributed by atoms with Gasteiger partial charge in [0, 0.05) is 18.2 Å². The topological polar surface area (TPSA) is 75.2 Å². The third-order valence-corrected chi connectivity index (χ3v) is 5.30. The van der Waals surface area contributed by atoms with Gasteiger partial charge in [0.15, 0.2) is 0 Å². The molecule has 5 nitrogen and oxygen atoms in total. The molecule has 3 rings (SSSR count). The van der Waals surface area contributed by atoms with Gasteiger partial charge >= 0.3 is 0 Å². The molecule has 0 unspecified atom stereocenters. The Hall–Kier alpha value is -2.88. The van der Waals surface area contributed by atoms with Gasteiger partial charge in [-0.1, -0.05) is 12.1 Å². The molecule has 1 aromatic heterocycles. The van der Waals surface area contributed by atoms with E-state index in [1.54, 1.807) is 5.01 Å². The fourth-order valence-electron chi connectivity index (χ4n) is 3.01. The molecule has 1 heterocycles. The van der Waals surface area contributed by atoms with Crippen molar-refractivity contribution in [2.75, 3.05) is 12.1 Å². The van der Waals surface area contributed by atoms with Crippen LogP contribution in [0.2, 0.25) is 0 Å². The highest BCUT2D eigenvalue weighted by Crippen LogP contribution is 2.31. The highest BCUT2D eigenvalue weighted by Gasteiger charge is 2.13. The van der Waals surface area contributed by atoms with E-state index in [0.29, 0.717) is 11.5 Å². The fraction of sp³-hybridized carbons (Fsp3) is 0.238. The SMILES string of the molecule is Cc1nc(-c2ccc(OCc3c(C)cccc3N(C)N)c(C)c2)c(C#N)s1. The maximum absolute atomic E-state index is 9.31. The number of ether oxygens (including phenoxy) is 1. The summed E-state index contributed by atoms with van der Waals surface area (Å²) in [6.45, 7) is 6.39. The number of rotatable bonds is 5. The number of aromatic nitrogens is 1. The summed E-state index contributed by atoms with van der Waals surface area (Å²) < 4.78 is 6.08. The van der Waals surface area contributed by atoms with Crippen LogP contribution in [0, 0.1) is 32.1 Å². The molecule has 0 aliphatic heterocycles. The third kappa shape index (κ3) is 3.95. The number of anilines is 1. The predicted molar refractivity (Wildman–Crippen MR) is 110 cm³/mol. The van der Waals surface area contributed by atoms with Gasteiger partial charge in [-0.25, -0.2) is 10.8 Å². The lowest BCUT2D eigenvalue weighted by atomic mass is 10.1. The van der Waals surface area contributed by atoms with E-state index in [0.717, 1.165) is 44.4 Å². The third-order valence-electron chi connectivity index (χ3n) is 4.42. The molecule has 0 saturated carbocycles. The Labute approximate surface area is 163 Å². The Balaban J connectivity index is 1.85. The van der Waals surface area contributed by atoms with Crippen LogP contribution in [-0.2, 0) is 6.61 Å². The number of thiazole rings is 1. The van der Waals surface area contributed by atoms with E-state index < -0.39 is 0 Å². The van der Waals surface area contributed by atoms with Crippen LogP contribution in [0.4, 0.5) is 5.69 Å². The van der Waals surface area contributed by atoms with Crippen LogP contribution < -0.4 is 15.6 Å². The lowest BCUT2D eigenvalue weighted by molar-refractivity contribution is 0.303. The van der Waals surface area contributed by atoms with E-state index in [9.17, 15) is 5.26 Å². The highest BCUT2D eigenvalue weighted by atomic mass is 32.1. The van der Waals surface area contributed by atoms with Crippen molar-refractivity contribution in [3.8, 4) is 23.1 Å². The summed E-state index contributed by atoms with van der Waals surface area (Å²) in [5.74, 6) is 6.75. The Kier molecular flexibility index (Phi) is 5.45. The molecule has 6 heteroatoms. The Morgan fingerprint density at radius 2 is 1.96 bits per heavy atom. The van der Waals surface area contributed by atoms with Gasteiger partial charge < -0.3 is 9.75 Å². The number of nitrogens with zero attached hydrogens (tertiary/aromatic N) is 3. The monoisotopic (exact) mass is 378 g/mol. The van der Waals surface area contributed by atoms with Gasteiger partial charge in [0.05, 0.1) is 16.4 Å². The molecule has 0 aliphatic carbocycles. The van der Waals surface area contributed by atoms with Crippen molar-refractivity contribution in [1.82, 2.24) is 4.98 Å². The average molecular weight is 379 g/mol. The molecule has 0 fully saturated rings. The molecule has 138 valence electrons. The minimum absolute atomic E-state index is 0.434. The van der Waals surface area contributed by atoms with Gasteiger partial charge in [-0.2, -0.15) is 5.26 Å². The summed E-state index contributed by atoms with van der Waals surface area (Å²) in [5, 5.41) is 11.8. The van der Waals surface area contributed by atoms with Crippen LogP contribution in [-0.4, -0.2) is 12.0 Å². The van der Waals surface area contributed by atoms with Gasteiger partial charge in [-0.15, -0.1) is 11.3 Å². The number of hydrogen-bond donors (Lipinski definition) is 1. The van der Waals surface area contributed by atoms with E-state index in [-0.39, 0.29) is 0 Å². The van der Waals surface area contributed by atoms with E-state index >= 15 is 0 Å². The van der Waals surface area contributed by atoms with E-state index in [1.807, 2.05) is 51.2 Å². The largest absolute Gasteiger partial charge is 0.489 e. The average Bonchev–Trinajstić information content (AvgIpc) is 3.02. The van der Waals surface area contributed by atoms with Crippen molar-refractivity contribution in [2.24, 2.45) is 5.84 Å². The Morgan fingerprint density at radius 3 is 2.63 bits per heavy atom. The molecule has 2 aromatic carbocycles. The number of nitriles is 1. The molecule has 0 bridgehead atoms. The predicted octanol–water partition coefficient (Wildman–Crippen LogP) is 4.50. The van der Waals surface area contributed by atoms with Crippen LogP contribution in [0.15, 0.2) is 36.4 Å². The van der Waals surface area contributed by atoms with Crippen molar-refractivity contribution < 1.29 is 4.74 Å². The quantitative estimate of drug-likeness (QED) is 0.523. The first-order chi connectivity index (χ1) is 12.9. The second-order valence-corrected chi connectivity index (χ2v) is 7.68. The van der Waals surface area contributed by atoms with Crippen LogP contribution in [0.3, 0.4) is 0 Å². The lowest BCUT2D eigenvalue weighted by Gasteiger charge is -2.19. The van der Waals surface area contributed by atoms with E-state index in [2.05, 4.69) is 24.0 Å². The molecule has 2 N–H and O–H groups in total. The van der Waals surface area contributed by atoms with Gasteiger partial charge in [0.25, 0.3) is 0 Å². The zero-order chi connectivity index (χ0) is 19.6. The van der Waals surface area contributed by atoms with E-state index in [4.69, 9.17) is 10.6 Å². The number of hydrazine groups is 1. The van der Waals surface area contributed by atoms with Crippen molar-refractivity contribution in [1.29, 1.82) is 5.26 Å². The van der Waals surface area contributed by atoms with Gasteiger partial charge in [0.2, 0.25) is 0 Å². The van der Waals surface area contributed by atoms with Gasteiger partial charge in [-0.05, 0) is 56.2 Å². The summed E-state index contributed by atoms with van der Waals surface area (Å²) >= 11 is 1.41. The van der Waals surface area contributed by atoms with Crippen molar-refractivity contribution in [3.63, 3.8) is 0 Å². The second kappa shape index (κ2) is 7.78. The van der Waals surface area contributed by atoms with Crippen LogP contribution in [0.5, 0.6) is 5.75 Å². The first kappa shape index (κ1) is 18.9. The Bertz CT molecular complexity index is 1020. The van der Waals surface area contributed by atoms with Crippen molar-refractivity contribution in [3.05, 3.63) is 63.0 Å². The number of hydrogen-bond acceptors (Lipinski definition) is 6. The molecule has 0 saturated heterocycles. The van der Waals surface area contributed by atoms with Gasteiger partial charge in [-0.3, -0.25) is 0 Å². The zero-order valence-corrected chi connectivity index (χ0v) is 16.7. The number of aryl methyl sites for hydroxylation is 3. The number of nitrogens with two attached hydrogens (primary N) is 1. The van der Waals surface area contributed by atoms with Crippen molar-refractivity contribution >= 4 is 17.0 Å². The minimum Gasteiger partial charge on any atom is -0.489 e. The first-order valence-electron chi connectivity index (χ1n) is 8.59. The minimum atomic E-state index is 0.434. The molecular weight excluding hydrogens is 356 g/mol. The highest BCUT2D eigenvalue weighted by molar-refractivity contribution is 7.12. The molecule has 0 radical (unpaired) electrons. The lowest BCUT2D eigenvalue weighted by Crippen LogP contribution is -2.26. The standard InChI is InChI=1S/C21H22N4OS/c1-13-6-5-7-18(25(4)23)17(13)12-26-19-9-8-16(10-14(19)2)21-20(11-22)27-15(3)24-21/h5-10H,12,23H2,1-4H3. The molecule has 0 atom stereocenters. The summed E-state index contributed by atoms with van der Waals surface area (Å²) in [4.78, 5) is 5.13. The summed E-state index contributed by atoms with van der Waals surface area (Å²) in [7, 11) is 1.82. The first-order valence-corrected chi connectivity index (χ1v) is 9.40. The van der Waals surface area contributed by atoms with Gasteiger partial charge in [0.1, 0.15) is 23.3 Å². The van der Waals surface area contributed by atoms with E-state index in [1.165, 1.54) is 11.3 Å². The maximum Gasteiger partial charge on any atom is 0.132 e. The maximum atomic E-state index is 9.31. The molecule has 0 amide bonds. The van der Waals surface area contributed by atoms with Crippen molar-refractivity contribution in [2.45, 2.75) is 27.4 Å². The number of benzene rings is 2. The Morgan fingerprint density at radius 1 is 1.19 bits per heavy atom. The fourth-order valence-corrected chi connectivity index (χ4v) is 3.75. The summed E-state index contributed by atoms with van der Waals surface area (Å²) in [6, 6.07) is 14.1. The zero-order valence-electron chi connectivity index (χ0n) is 15.9. The summed E-state index contributed by atoms with van der Waals surface area (Å²) in [6.07, 6.45) is 0. The molecule has 3 aromatic rings. The smallest absolute Gasteiger partial charge is 0.132 e. The van der Waals surface area contributed by atoms with Crippen LogP contribution in [0.1, 0.15) is 26.6 Å². The molecule has 0 spiro atoms. The summed E-state index contributed by atoms with van der Waals surface area (Å²) in [5.41, 5.74) is 5.81. The molecule has 0 aliphatic rings. The molecular formula is C21H22N4OS. The van der Waals surface area contributed by atoms with Crippen LogP contribution in [0.25, 0.3) is 11.3 Å². The second-order valence-electron chi connectivity index (χ2n) is 6.47. The molecule has 27 heavy (non-hydrogen) atoms. The normalized spacial score (nSPS) is 10.5.